The summed E-state index contributed by atoms with van der Waals surface area (Å²) in [6.45, 7) is 3.83. The first-order valence-electron chi connectivity index (χ1n) is 7.50. The third-order valence-corrected chi connectivity index (χ3v) is 4.83. The second-order valence-electron chi connectivity index (χ2n) is 4.93. The van der Waals surface area contributed by atoms with E-state index in [9.17, 15) is 13.2 Å². The molecule has 128 valence electrons. The molecule has 24 heavy (non-hydrogen) atoms. The molecule has 1 amide bonds. The molecule has 0 atom stereocenters. The number of carbonyl (C=O) groups excluding carboxylic acids is 1. The van der Waals surface area contributed by atoms with Gasteiger partial charge >= 0.3 is 0 Å². The molecular formula is C16H19N3O4S. The topological polar surface area (TPSA) is 98.2 Å². The molecule has 0 aliphatic rings. The van der Waals surface area contributed by atoms with Crippen LogP contribution in [0.25, 0.3) is 11.3 Å². The third kappa shape index (κ3) is 4.59. The SMILES string of the molecule is CCOCC(=O)Nc1cccc(-c2ccc(S(=O)(=O)CC)nn2)c1. The first-order valence-corrected chi connectivity index (χ1v) is 9.16. The number of benzene rings is 1. The van der Waals surface area contributed by atoms with Gasteiger partial charge in [0.1, 0.15) is 6.61 Å². The van der Waals surface area contributed by atoms with E-state index in [-0.39, 0.29) is 23.3 Å². The summed E-state index contributed by atoms with van der Waals surface area (Å²) in [4.78, 5) is 11.7. The Kier molecular flexibility index (Phi) is 5.99. The van der Waals surface area contributed by atoms with Crippen molar-refractivity contribution in [1.82, 2.24) is 10.2 Å². The Morgan fingerprint density at radius 1 is 1.17 bits per heavy atom. The van der Waals surface area contributed by atoms with Gasteiger partial charge in [-0.3, -0.25) is 4.79 Å². The fourth-order valence-electron chi connectivity index (χ4n) is 1.94. The summed E-state index contributed by atoms with van der Waals surface area (Å²) in [6.07, 6.45) is 0. The fraction of sp³-hybridized carbons (Fsp3) is 0.312. The first-order chi connectivity index (χ1) is 11.5. The van der Waals surface area contributed by atoms with E-state index in [1.54, 1.807) is 37.3 Å². The molecule has 1 heterocycles. The summed E-state index contributed by atoms with van der Waals surface area (Å²) in [5.74, 6) is -0.271. The van der Waals surface area contributed by atoms with Gasteiger partial charge in [-0.15, -0.1) is 10.2 Å². The van der Waals surface area contributed by atoms with Gasteiger partial charge in [0.15, 0.2) is 14.9 Å². The lowest BCUT2D eigenvalue weighted by Crippen LogP contribution is -2.18. The van der Waals surface area contributed by atoms with Gasteiger partial charge in [-0.2, -0.15) is 0 Å². The minimum Gasteiger partial charge on any atom is -0.372 e. The van der Waals surface area contributed by atoms with E-state index in [1.807, 2.05) is 6.92 Å². The van der Waals surface area contributed by atoms with Crippen LogP contribution in [0.2, 0.25) is 0 Å². The van der Waals surface area contributed by atoms with Crippen molar-refractivity contribution in [1.29, 1.82) is 0 Å². The maximum absolute atomic E-state index is 11.7. The Balaban J connectivity index is 2.18. The molecular weight excluding hydrogens is 330 g/mol. The van der Waals surface area contributed by atoms with Crippen LogP contribution in [0.1, 0.15) is 13.8 Å². The zero-order valence-corrected chi connectivity index (χ0v) is 14.3. The monoisotopic (exact) mass is 349 g/mol. The summed E-state index contributed by atoms with van der Waals surface area (Å²) in [5.41, 5.74) is 1.84. The Morgan fingerprint density at radius 3 is 2.58 bits per heavy atom. The summed E-state index contributed by atoms with van der Waals surface area (Å²) in [7, 11) is -3.37. The van der Waals surface area contributed by atoms with Crippen LogP contribution >= 0.6 is 0 Å². The number of amides is 1. The van der Waals surface area contributed by atoms with Crippen LogP contribution in [0.5, 0.6) is 0 Å². The zero-order valence-electron chi connectivity index (χ0n) is 13.5. The molecule has 8 heteroatoms. The second kappa shape index (κ2) is 7.98. The number of nitrogens with one attached hydrogen (secondary N) is 1. The van der Waals surface area contributed by atoms with E-state index >= 15 is 0 Å². The van der Waals surface area contributed by atoms with Gasteiger partial charge < -0.3 is 10.1 Å². The van der Waals surface area contributed by atoms with Crippen molar-refractivity contribution in [3.63, 3.8) is 0 Å². The Hall–Kier alpha value is -2.32. The number of aromatic nitrogens is 2. The Bertz CT molecular complexity index is 804. The molecule has 0 aliphatic carbocycles. The molecule has 2 aromatic rings. The fourth-order valence-corrected chi connectivity index (χ4v) is 2.67. The average molecular weight is 349 g/mol. The molecule has 1 aromatic heterocycles. The molecule has 1 aromatic carbocycles. The van der Waals surface area contributed by atoms with Gasteiger partial charge in [0.25, 0.3) is 0 Å². The highest BCUT2D eigenvalue weighted by atomic mass is 32.2. The molecule has 0 radical (unpaired) electrons. The number of ether oxygens (including phenoxy) is 1. The van der Waals surface area contributed by atoms with Crippen molar-refractivity contribution < 1.29 is 17.9 Å². The highest BCUT2D eigenvalue weighted by molar-refractivity contribution is 7.91. The molecule has 0 aliphatic heterocycles. The number of hydrogen-bond acceptors (Lipinski definition) is 6. The van der Waals surface area contributed by atoms with Gasteiger partial charge in [0.2, 0.25) is 5.91 Å². The van der Waals surface area contributed by atoms with E-state index in [0.717, 1.165) is 5.56 Å². The maximum Gasteiger partial charge on any atom is 0.250 e. The summed E-state index contributed by atoms with van der Waals surface area (Å²) in [6, 6.07) is 10.1. The van der Waals surface area contributed by atoms with Crippen molar-refractivity contribution in [2.75, 3.05) is 24.3 Å². The van der Waals surface area contributed by atoms with Gasteiger partial charge in [0, 0.05) is 17.9 Å². The predicted octanol–water partition coefficient (Wildman–Crippen LogP) is 1.91. The molecule has 0 spiro atoms. The van der Waals surface area contributed by atoms with Crippen LogP contribution in [0.3, 0.4) is 0 Å². The smallest absolute Gasteiger partial charge is 0.250 e. The molecule has 0 saturated heterocycles. The lowest BCUT2D eigenvalue weighted by Gasteiger charge is -2.07. The molecule has 7 nitrogen and oxygen atoms in total. The van der Waals surface area contributed by atoms with Crippen LogP contribution in [0, 0.1) is 0 Å². The van der Waals surface area contributed by atoms with Gasteiger partial charge in [-0.1, -0.05) is 19.1 Å². The van der Waals surface area contributed by atoms with Gasteiger partial charge in [0.05, 0.1) is 11.4 Å². The third-order valence-electron chi connectivity index (χ3n) is 3.22. The number of carbonyl (C=O) groups is 1. The highest BCUT2D eigenvalue weighted by Gasteiger charge is 2.14. The van der Waals surface area contributed by atoms with Crippen molar-refractivity contribution in [3.8, 4) is 11.3 Å². The minimum atomic E-state index is -3.37. The Morgan fingerprint density at radius 2 is 1.96 bits per heavy atom. The standard InChI is InChI=1S/C16H19N3O4S/c1-3-23-11-15(20)17-13-7-5-6-12(10-13)14-8-9-16(19-18-14)24(21,22)4-2/h5-10H,3-4,11H2,1-2H3,(H,17,20). The zero-order chi connectivity index (χ0) is 17.6. The lowest BCUT2D eigenvalue weighted by molar-refractivity contribution is -0.120. The minimum absolute atomic E-state index is 0.00981. The van der Waals surface area contributed by atoms with E-state index in [4.69, 9.17) is 4.74 Å². The molecule has 0 unspecified atom stereocenters. The maximum atomic E-state index is 11.7. The summed E-state index contributed by atoms with van der Waals surface area (Å²) < 4.78 is 28.5. The van der Waals surface area contributed by atoms with E-state index < -0.39 is 9.84 Å². The number of sulfone groups is 1. The molecule has 0 saturated carbocycles. The highest BCUT2D eigenvalue weighted by Crippen LogP contribution is 2.21. The van der Waals surface area contributed by atoms with Crippen LogP contribution in [0.15, 0.2) is 41.4 Å². The average Bonchev–Trinajstić information content (AvgIpc) is 2.60. The molecule has 0 fully saturated rings. The molecule has 2 rings (SSSR count). The summed E-state index contributed by atoms with van der Waals surface area (Å²) in [5, 5.41) is 10.4. The largest absolute Gasteiger partial charge is 0.372 e. The van der Waals surface area contributed by atoms with Gasteiger partial charge in [-0.05, 0) is 31.2 Å². The van der Waals surface area contributed by atoms with Crippen molar-refractivity contribution in [2.24, 2.45) is 0 Å². The van der Waals surface area contributed by atoms with E-state index in [1.165, 1.54) is 6.07 Å². The molecule has 0 bridgehead atoms. The lowest BCUT2D eigenvalue weighted by atomic mass is 10.1. The number of rotatable bonds is 7. The van der Waals surface area contributed by atoms with E-state index in [0.29, 0.717) is 18.0 Å². The first kappa shape index (κ1) is 18.0. The summed E-state index contributed by atoms with van der Waals surface area (Å²) >= 11 is 0. The Labute approximate surface area is 141 Å². The van der Waals surface area contributed by atoms with Crippen LogP contribution in [0.4, 0.5) is 5.69 Å². The van der Waals surface area contributed by atoms with Gasteiger partial charge in [-0.25, -0.2) is 8.42 Å². The number of nitrogens with zero attached hydrogens (tertiary/aromatic N) is 2. The van der Waals surface area contributed by atoms with Crippen molar-refractivity contribution in [2.45, 2.75) is 18.9 Å². The van der Waals surface area contributed by atoms with Crippen molar-refractivity contribution in [3.05, 3.63) is 36.4 Å². The number of anilines is 1. The second-order valence-corrected chi connectivity index (χ2v) is 7.15. The molecule has 1 N–H and O–H groups in total. The van der Waals surface area contributed by atoms with Crippen LogP contribution in [-0.4, -0.2) is 43.5 Å². The van der Waals surface area contributed by atoms with E-state index in [2.05, 4.69) is 15.5 Å². The van der Waals surface area contributed by atoms with Crippen molar-refractivity contribution >= 4 is 21.4 Å². The van der Waals surface area contributed by atoms with Crippen LogP contribution < -0.4 is 5.32 Å². The quantitative estimate of drug-likeness (QED) is 0.820. The normalized spacial score (nSPS) is 11.2. The van der Waals surface area contributed by atoms with Crippen LogP contribution in [-0.2, 0) is 19.4 Å². The number of hydrogen-bond donors (Lipinski definition) is 1. The predicted molar refractivity (Wildman–Crippen MR) is 90.3 cm³/mol.